The van der Waals surface area contributed by atoms with E-state index >= 15 is 0 Å². The number of halogens is 2. The Labute approximate surface area is 157 Å². The maximum atomic E-state index is 13.4. The minimum Gasteiger partial charge on any atom is -0.497 e. The Hall–Kier alpha value is -2.67. The smallest absolute Gasteiger partial charge is 0.226 e. The first-order valence-corrected chi connectivity index (χ1v) is 8.57. The number of rotatable bonds is 8. The van der Waals surface area contributed by atoms with E-state index in [2.05, 4.69) is 10.6 Å². The van der Waals surface area contributed by atoms with Crippen LogP contribution in [0.15, 0.2) is 36.4 Å². The van der Waals surface area contributed by atoms with Crippen LogP contribution in [0.25, 0.3) is 0 Å². The van der Waals surface area contributed by atoms with Gasteiger partial charge in [0.1, 0.15) is 11.5 Å². The molecule has 2 rings (SSSR count). The van der Waals surface area contributed by atoms with Crippen LogP contribution in [0.2, 0.25) is 0 Å². The fourth-order valence-electron chi connectivity index (χ4n) is 2.75. The van der Waals surface area contributed by atoms with Crippen molar-refractivity contribution in [3.8, 4) is 11.5 Å². The van der Waals surface area contributed by atoms with E-state index in [9.17, 15) is 13.6 Å². The molecule has 2 N–H and O–H groups in total. The summed E-state index contributed by atoms with van der Waals surface area (Å²) in [5, 5.41) is 6.01. The molecule has 0 aliphatic heterocycles. The van der Waals surface area contributed by atoms with Crippen LogP contribution in [0.3, 0.4) is 0 Å². The summed E-state index contributed by atoms with van der Waals surface area (Å²) >= 11 is 0. The zero-order chi connectivity index (χ0) is 20.0. The van der Waals surface area contributed by atoms with Gasteiger partial charge in [0.25, 0.3) is 0 Å². The van der Waals surface area contributed by atoms with Gasteiger partial charge in [-0.15, -0.1) is 0 Å². The normalized spacial score (nSPS) is 13.0. The first-order chi connectivity index (χ1) is 12.8. The molecule has 0 aliphatic carbocycles. The molecule has 0 spiro atoms. The Bertz CT molecular complexity index is 799. The van der Waals surface area contributed by atoms with Gasteiger partial charge in [0, 0.05) is 24.6 Å². The Morgan fingerprint density at radius 3 is 2.41 bits per heavy atom. The Kier molecular flexibility index (Phi) is 7.12. The lowest BCUT2D eigenvalue weighted by Crippen LogP contribution is -2.32. The molecular formula is C20H24F2N2O3. The molecular weight excluding hydrogens is 354 g/mol. The van der Waals surface area contributed by atoms with E-state index in [1.165, 1.54) is 13.2 Å². The van der Waals surface area contributed by atoms with Crippen molar-refractivity contribution in [1.29, 1.82) is 0 Å². The van der Waals surface area contributed by atoms with E-state index in [0.717, 1.165) is 12.1 Å². The minimum atomic E-state index is -0.892. The monoisotopic (exact) mass is 378 g/mol. The lowest BCUT2D eigenvalue weighted by molar-refractivity contribution is -0.116. The first-order valence-electron chi connectivity index (χ1n) is 8.57. The van der Waals surface area contributed by atoms with Crippen molar-refractivity contribution >= 4 is 11.6 Å². The number of carbonyl (C=O) groups is 1. The highest BCUT2D eigenvalue weighted by molar-refractivity contribution is 5.92. The van der Waals surface area contributed by atoms with Crippen LogP contribution in [0.5, 0.6) is 11.5 Å². The van der Waals surface area contributed by atoms with Gasteiger partial charge in [0.2, 0.25) is 5.91 Å². The zero-order valence-electron chi connectivity index (χ0n) is 15.8. The Morgan fingerprint density at radius 1 is 1.04 bits per heavy atom. The fraction of sp³-hybridized carbons (Fsp3) is 0.350. The molecule has 0 bridgehead atoms. The van der Waals surface area contributed by atoms with Gasteiger partial charge in [-0.3, -0.25) is 4.79 Å². The summed E-state index contributed by atoms with van der Waals surface area (Å²) in [6.07, 6.45) is 0.189. The maximum absolute atomic E-state index is 13.4. The van der Waals surface area contributed by atoms with Gasteiger partial charge < -0.3 is 20.1 Å². The second-order valence-electron chi connectivity index (χ2n) is 6.28. The van der Waals surface area contributed by atoms with E-state index < -0.39 is 11.6 Å². The number of carbonyl (C=O) groups excluding carboxylic acids is 1. The predicted molar refractivity (Wildman–Crippen MR) is 100 cm³/mol. The van der Waals surface area contributed by atoms with Crippen molar-refractivity contribution in [2.24, 2.45) is 0 Å². The van der Waals surface area contributed by atoms with Crippen molar-refractivity contribution in [2.45, 2.75) is 32.4 Å². The SMILES string of the molecule is COc1ccc(OC)c(NC(=O)CC(C)NC(C)c2ccc(F)c(F)c2)c1. The molecule has 2 aromatic carbocycles. The maximum Gasteiger partial charge on any atom is 0.226 e. The summed E-state index contributed by atoms with van der Waals surface area (Å²) in [5.74, 6) is -0.856. The molecule has 2 atom stereocenters. The molecule has 0 aromatic heterocycles. The molecule has 0 saturated heterocycles. The number of ether oxygens (including phenoxy) is 2. The molecule has 0 saturated carbocycles. The Balaban J connectivity index is 1.96. The molecule has 1 amide bonds. The summed E-state index contributed by atoms with van der Waals surface area (Å²) in [5.41, 5.74) is 1.12. The van der Waals surface area contributed by atoms with Gasteiger partial charge in [-0.25, -0.2) is 8.78 Å². The average Bonchev–Trinajstić information content (AvgIpc) is 2.63. The highest BCUT2D eigenvalue weighted by atomic mass is 19.2. The van der Waals surface area contributed by atoms with Crippen molar-refractivity contribution < 1.29 is 23.0 Å². The number of benzene rings is 2. The molecule has 2 unspecified atom stereocenters. The van der Waals surface area contributed by atoms with Crippen molar-refractivity contribution in [1.82, 2.24) is 5.32 Å². The van der Waals surface area contributed by atoms with E-state index in [0.29, 0.717) is 22.7 Å². The van der Waals surface area contributed by atoms with Crippen LogP contribution < -0.4 is 20.1 Å². The largest absolute Gasteiger partial charge is 0.497 e. The standard InChI is InChI=1S/C20H24F2N2O3/c1-12(23-13(2)14-5-7-16(21)17(22)10-14)9-20(25)24-18-11-15(26-3)6-8-19(18)27-4/h5-8,10-13,23H,9H2,1-4H3,(H,24,25). The Morgan fingerprint density at radius 2 is 1.78 bits per heavy atom. The lowest BCUT2D eigenvalue weighted by atomic mass is 10.1. The number of nitrogens with one attached hydrogen (secondary N) is 2. The molecule has 0 fully saturated rings. The van der Waals surface area contributed by atoms with Gasteiger partial charge >= 0.3 is 0 Å². The summed E-state index contributed by atoms with van der Waals surface area (Å²) in [7, 11) is 3.06. The van der Waals surface area contributed by atoms with Crippen LogP contribution in [0, 0.1) is 11.6 Å². The van der Waals surface area contributed by atoms with Crippen LogP contribution in [-0.2, 0) is 4.79 Å². The third-order valence-electron chi connectivity index (χ3n) is 4.15. The van der Waals surface area contributed by atoms with Crippen LogP contribution in [0.1, 0.15) is 31.9 Å². The molecule has 5 nitrogen and oxygen atoms in total. The van der Waals surface area contributed by atoms with E-state index in [4.69, 9.17) is 9.47 Å². The van der Waals surface area contributed by atoms with Gasteiger partial charge in [-0.2, -0.15) is 0 Å². The molecule has 146 valence electrons. The second kappa shape index (κ2) is 9.32. The minimum absolute atomic E-state index is 0.189. The molecule has 0 aliphatic rings. The molecule has 0 radical (unpaired) electrons. The van der Waals surface area contributed by atoms with E-state index in [1.54, 1.807) is 25.3 Å². The third kappa shape index (κ3) is 5.65. The predicted octanol–water partition coefficient (Wildman–Crippen LogP) is 4.05. The molecule has 2 aromatic rings. The topological polar surface area (TPSA) is 59.6 Å². The van der Waals surface area contributed by atoms with Gasteiger partial charge in [-0.1, -0.05) is 6.07 Å². The third-order valence-corrected chi connectivity index (χ3v) is 4.15. The number of hydrogen-bond donors (Lipinski definition) is 2. The lowest BCUT2D eigenvalue weighted by Gasteiger charge is -2.20. The summed E-state index contributed by atoms with van der Waals surface area (Å²) < 4.78 is 36.8. The molecule has 7 heteroatoms. The highest BCUT2D eigenvalue weighted by Crippen LogP contribution is 2.29. The second-order valence-corrected chi connectivity index (χ2v) is 6.28. The first kappa shape index (κ1) is 20.6. The van der Waals surface area contributed by atoms with E-state index in [-0.39, 0.29) is 24.4 Å². The van der Waals surface area contributed by atoms with Crippen LogP contribution >= 0.6 is 0 Å². The van der Waals surface area contributed by atoms with Crippen molar-refractivity contribution in [2.75, 3.05) is 19.5 Å². The number of amides is 1. The summed E-state index contributed by atoms with van der Waals surface area (Å²) in [4.78, 5) is 12.4. The van der Waals surface area contributed by atoms with E-state index in [1.807, 2.05) is 13.8 Å². The van der Waals surface area contributed by atoms with Crippen molar-refractivity contribution in [3.63, 3.8) is 0 Å². The number of anilines is 1. The summed E-state index contributed by atoms with van der Waals surface area (Å²) in [6, 6.07) is 8.46. The fourth-order valence-corrected chi connectivity index (χ4v) is 2.75. The molecule has 0 heterocycles. The quantitative estimate of drug-likeness (QED) is 0.728. The average molecular weight is 378 g/mol. The zero-order valence-corrected chi connectivity index (χ0v) is 15.8. The molecule has 27 heavy (non-hydrogen) atoms. The number of methoxy groups -OCH3 is 2. The van der Waals surface area contributed by atoms with Gasteiger partial charge in [0.05, 0.1) is 19.9 Å². The van der Waals surface area contributed by atoms with Gasteiger partial charge in [-0.05, 0) is 43.7 Å². The number of hydrogen-bond acceptors (Lipinski definition) is 4. The van der Waals surface area contributed by atoms with Gasteiger partial charge in [0.15, 0.2) is 11.6 Å². The highest BCUT2D eigenvalue weighted by Gasteiger charge is 2.16. The van der Waals surface area contributed by atoms with Crippen LogP contribution in [-0.4, -0.2) is 26.2 Å². The van der Waals surface area contributed by atoms with Crippen molar-refractivity contribution in [3.05, 3.63) is 53.6 Å². The van der Waals surface area contributed by atoms with Crippen LogP contribution in [0.4, 0.5) is 14.5 Å². The summed E-state index contributed by atoms with van der Waals surface area (Å²) in [6.45, 7) is 3.67.